The second-order valence-corrected chi connectivity index (χ2v) is 4.42. The first kappa shape index (κ1) is 17.0. The van der Waals surface area contributed by atoms with Crippen LogP contribution in [-0.4, -0.2) is 23.7 Å². The molecule has 2 aromatic rings. The number of ether oxygens (including phenoxy) is 1. The van der Waals surface area contributed by atoms with Gasteiger partial charge in [-0.3, -0.25) is 14.9 Å². The van der Waals surface area contributed by atoms with Crippen LogP contribution in [0.2, 0.25) is 0 Å². The van der Waals surface area contributed by atoms with Crippen LogP contribution in [0.4, 0.5) is 14.5 Å². The molecule has 0 aliphatic heterocycles. The Morgan fingerprint density at radius 3 is 2.71 bits per heavy atom. The van der Waals surface area contributed by atoms with Crippen LogP contribution in [0.1, 0.15) is 15.9 Å². The Bertz CT molecular complexity index is 781. The third kappa shape index (κ3) is 4.57. The molecule has 124 valence electrons. The molecule has 0 radical (unpaired) electrons. The first-order chi connectivity index (χ1) is 11.5. The molecule has 0 aromatic heterocycles. The number of nitro benzene ring substituents is 1. The summed E-state index contributed by atoms with van der Waals surface area (Å²) in [6.07, 6.45) is 1.13. The van der Waals surface area contributed by atoms with Crippen molar-refractivity contribution in [2.24, 2.45) is 5.10 Å². The van der Waals surface area contributed by atoms with Crippen LogP contribution in [0, 0.1) is 10.1 Å². The van der Waals surface area contributed by atoms with Gasteiger partial charge in [-0.2, -0.15) is 13.9 Å². The van der Waals surface area contributed by atoms with Gasteiger partial charge in [0.1, 0.15) is 5.75 Å². The number of carbonyl (C=O) groups is 1. The maximum absolute atomic E-state index is 12.3. The zero-order chi connectivity index (χ0) is 17.5. The second kappa shape index (κ2) is 7.77. The quantitative estimate of drug-likeness (QED) is 0.499. The monoisotopic (exact) mass is 335 g/mol. The Morgan fingerprint density at radius 1 is 1.25 bits per heavy atom. The topological polar surface area (TPSA) is 93.8 Å². The van der Waals surface area contributed by atoms with E-state index in [0.29, 0.717) is 0 Å². The molecule has 24 heavy (non-hydrogen) atoms. The van der Waals surface area contributed by atoms with Gasteiger partial charge in [0.15, 0.2) is 0 Å². The number of benzene rings is 2. The molecule has 1 N–H and O–H groups in total. The van der Waals surface area contributed by atoms with Crippen LogP contribution in [-0.2, 0) is 0 Å². The third-order valence-corrected chi connectivity index (χ3v) is 2.82. The van der Waals surface area contributed by atoms with Gasteiger partial charge in [-0.1, -0.05) is 18.2 Å². The van der Waals surface area contributed by atoms with Gasteiger partial charge >= 0.3 is 6.61 Å². The molecule has 7 nitrogen and oxygen atoms in total. The average molecular weight is 335 g/mol. The van der Waals surface area contributed by atoms with Crippen LogP contribution in [0.15, 0.2) is 53.6 Å². The average Bonchev–Trinajstić information content (AvgIpc) is 2.56. The fourth-order valence-electron chi connectivity index (χ4n) is 1.78. The van der Waals surface area contributed by atoms with E-state index in [0.717, 1.165) is 12.3 Å². The van der Waals surface area contributed by atoms with Gasteiger partial charge in [-0.25, -0.2) is 5.43 Å². The lowest BCUT2D eigenvalue weighted by molar-refractivity contribution is -0.384. The predicted octanol–water partition coefficient (Wildman–Crippen LogP) is 2.96. The Balaban J connectivity index is 2.08. The number of para-hydroxylation sites is 1. The molecule has 9 heteroatoms. The Hall–Kier alpha value is -3.36. The van der Waals surface area contributed by atoms with E-state index in [4.69, 9.17) is 0 Å². The van der Waals surface area contributed by atoms with Gasteiger partial charge in [0.05, 0.1) is 11.1 Å². The van der Waals surface area contributed by atoms with Crippen molar-refractivity contribution in [1.29, 1.82) is 0 Å². The smallest absolute Gasteiger partial charge is 0.387 e. The van der Waals surface area contributed by atoms with Gasteiger partial charge in [-0.15, -0.1) is 0 Å². The number of nitro groups is 1. The van der Waals surface area contributed by atoms with Crippen LogP contribution < -0.4 is 10.2 Å². The van der Waals surface area contributed by atoms with Gasteiger partial charge in [-0.05, 0) is 18.2 Å². The number of rotatable bonds is 6. The van der Waals surface area contributed by atoms with E-state index in [2.05, 4.69) is 15.3 Å². The summed E-state index contributed by atoms with van der Waals surface area (Å²) in [5, 5.41) is 14.3. The molecule has 0 aliphatic rings. The van der Waals surface area contributed by atoms with E-state index in [1.54, 1.807) is 6.07 Å². The van der Waals surface area contributed by atoms with Crippen molar-refractivity contribution in [3.63, 3.8) is 0 Å². The minimum absolute atomic E-state index is 0.0402. The standard InChI is InChI=1S/C15H11F2N3O4/c16-15(17)24-13-7-2-1-4-11(13)9-18-19-14(21)10-5-3-6-12(8-10)20(22)23/h1-9,15H,(H,19,21)/b18-9+. The molecule has 0 heterocycles. The van der Waals surface area contributed by atoms with Crippen molar-refractivity contribution in [2.45, 2.75) is 6.61 Å². The van der Waals surface area contributed by atoms with Crippen molar-refractivity contribution in [1.82, 2.24) is 5.43 Å². The lowest BCUT2D eigenvalue weighted by atomic mass is 10.2. The summed E-state index contributed by atoms with van der Waals surface area (Å²) in [6.45, 7) is -2.99. The number of hydrazone groups is 1. The molecule has 2 rings (SSSR count). The van der Waals surface area contributed by atoms with E-state index in [9.17, 15) is 23.7 Å². The summed E-state index contributed by atoms with van der Waals surface area (Å²) >= 11 is 0. The highest BCUT2D eigenvalue weighted by Gasteiger charge is 2.11. The number of nitrogens with zero attached hydrogens (tertiary/aromatic N) is 2. The van der Waals surface area contributed by atoms with Gasteiger partial charge in [0.25, 0.3) is 11.6 Å². The summed E-state index contributed by atoms with van der Waals surface area (Å²) in [6, 6.07) is 11.0. The largest absolute Gasteiger partial charge is 0.434 e. The van der Waals surface area contributed by atoms with Crippen molar-refractivity contribution < 1.29 is 23.2 Å². The van der Waals surface area contributed by atoms with Gasteiger partial charge in [0.2, 0.25) is 0 Å². The number of amides is 1. The minimum atomic E-state index is -2.99. The highest BCUT2D eigenvalue weighted by atomic mass is 19.3. The van der Waals surface area contributed by atoms with Gasteiger partial charge < -0.3 is 4.74 Å². The molecule has 0 saturated carbocycles. The third-order valence-electron chi connectivity index (χ3n) is 2.82. The van der Waals surface area contributed by atoms with E-state index >= 15 is 0 Å². The number of alkyl halides is 2. The molecular weight excluding hydrogens is 324 g/mol. The molecule has 0 saturated heterocycles. The van der Waals surface area contributed by atoms with Crippen molar-refractivity contribution in [3.05, 3.63) is 69.8 Å². The second-order valence-electron chi connectivity index (χ2n) is 4.42. The molecule has 0 fully saturated rings. The molecule has 0 spiro atoms. The molecule has 0 unspecified atom stereocenters. The highest BCUT2D eigenvalue weighted by Crippen LogP contribution is 2.18. The molecule has 0 bridgehead atoms. The number of nitrogens with one attached hydrogen (secondary N) is 1. The van der Waals surface area contributed by atoms with E-state index in [1.165, 1.54) is 36.4 Å². The van der Waals surface area contributed by atoms with Crippen LogP contribution >= 0.6 is 0 Å². The SMILES string of the molecule is O=C(N/N=C/c1ccccc1OC(F)F)c1cccc([N+](=O)[O-])c1. The normalized spacial score (nSPS) is 10.8. The number of non-ortho nitro benzene ring substituents is 1. The first-order valence-corrected chi connectivity index (χ1v) is 6.59. The zero-order valence-electron chi connectivity index (χ0n) is 12.1. The van der Waals surface area contributed by atoms with Gasteiger partial charge in [0, 0.05) is 23.3 Å². The number of halogens is 2. The summed E-state index contributed by atoms with van der Waals surface area (Å²) in [4.78, 5) is 21.9. The summed E-state index contributed by atoms with van der Waals surface area (Å²) in [5.41, 5.74) is 2.20. The Labute approximate surface area is 134 Å². The van der Waals surface area contributed by atoms with E-state index < -0.39 is 17.4 Å². The van der Waals surface area contributed by atoms with E-state index in [-0.39, 0.29) is 22.6 Å². The molecule has 0 atom stereocenters. The van der Waals surface area contributed by atoms with Crippen molar-refractivity contribution in [2.75, 3.05) is 0 Å². The lowest BCUT2D eigenvalue weighted by Crippen LogP contribution is -2.17. The summed E-state index contributed by atoms with van der Waals surface area (Å²) in [5.74, 6) is -0.775. The molecule has 1 amide bonds. The van der Waals surface area contributed by atoms with Crippen LogP contribution in [0.5, 0.6) is 5.75 Å². The molecular formula is C15H11F2N3O4. The molecule has 0 aliphatic carbocycles. The van der Waals surface area contributed by atoms with Crippen LogP contribution in [0.3, 0.4) is 0 Å². The minimum Gasteiger partial charge on any atom is -0.434 e. The number of hydrogen-bond donors (Lipinski definition) is 1. The fraction of sp³-hybridized carbons (Fsp3) is 0.0667. The maximum Gasteiger partial charge on any atom is 0.387 e. The summed E-state index contributed by atoms with van der Waals surface area (Å²) < 4.78 is 28.9. The first-order valence-electron chi connectivity index (χ1n) is 6.59. The fourth-order valence-corrected chi connectivity index (χ4v) is 1.78. The highest BCUT2D eigenvalue weighted by molar-refractivity contribution is 5.95. The van der Waals surface area contributed by atoms with Crippen LogP contribution in [0.25, 0.3) is 0 Å². The molecule has 2 aromatic carbocycles. The lowest BCUT2D eigenvalue weighted by Gasteiger charge is -2.06. The van der Waals surface area contributed by atoms with E-state index in [1.807, 2.05) is 0 Å². The Kier molecular flexibility index (Phi) is 5.50. The maximum atomic E-state index is 12.3. The number of carbonyl (C=O) groups excluding carboxylic acids is 1. The zero-order valence-corrected chi connectivity index (χ0v) is 12.1. The number of hydrogen-bond acceptors (Lipinski definition) is 5. The van der Waals surface area contributed by atoms with Crippen molar-refractivity contribution in [3.8, 4) is 5.75 Å². The predicted molar refractivity (Wildman–Crippen MR) is 81.2 cm³/mol. The Morgan fingerprint density at radius 2 is 2.00 bits per heavy atom. The summed E-state index contributed by atoms with van der Waals surface area (Å²) in [7, 11) is 0. The van der Waals surface area contributed by atoms with Crippen molar-refractivity contribution >= 4 is 17.8 Å².